The summed E-state index contributed by atoms with van der Waals surface area (Å²) in [6.07, 6.45) is -5.30. The molecule has 0 N–H and O–H groups in total. The van der Waals surface area contributed by atoms with Crippen molar-refractivity contribution in [3.8, 4) is 22.6 Å². The highest BCUT2D eigenvalue weighted by Gasteiger charge is 2.28. The lowest BCUT2D eigenvalue weighted by atomic mass is 10.0. The van der Waals surface area contributed by atoms with E-state index in [1.807, 2.05) is 24.3 Å². The zero-order valence-corrected chi connectivity index (χ0v) is 15.9. The number of carbonyl (C=O) groups excluding carboxylic acids is 1. The van der Waals surface area contributed by atoms with Crippen LogP contribution in [0.25, 0.3) is 11.1 Å². The summed E-state index contributed by atoms with van der Waals surface area (Å²) in [6, 6.07) is 18.6. The Kier molecular flexibility index (Phi) is 5.92. The standard InChI is InChI=1S/C23H19F3O3/c1-15-13-21(12-9-19(15)14-23(24,25)26)29-22(27)18-5-3-16(4-6-18)17-7-10-20(28-2)11-8-17/h3-13H,14H2,1-2H3. The van der Waals surface area contributed by atoms with E-state index in [1.165, 1.54) is 18.2 Å². The lowest BCUT2D eigenvalue weighted by Gasteiger charge is -2.11. The second-order valence-corrected chi connectivity index (χ2v) is 6.58. The Labute approximate surface area is 166 Å². The minimum Gasteiger partial charge on any atom is -0.497 e. The van der Waals surface area contributed by atoms with Crippen molar-refractivity contribution in [2.45, 2.75) is 19.5 Å². The number of hydrogen-bond acceptors (Lipinski definition) is 3. The number of benzene rings is 3. The molecule has 29 heavy (non-hydrogen) atoms. The van der Waals surface area contributed by atoms with Gasteiger partial charge in [-0.05, 0) is 65.6 Å². The van der Waals surface area contributed by atoms with Crippen molar-refractivity contribution < 1.29 is 27.4 Å². The predicted molar refractivity (Wildman–Crippen MR) is 104 cm³/mol. The molecule has 0 bridgehead atoms. The lowest BCUT2D eigenvalue weighted by molar-refractivity contribution is -0.127. The Bertz CT molecular complexity index is 991. The van der Waals surface area contributed by atoms with Gasteiger partial charge >= 0.3 is 12.1 Å². The number of esters is 1. The molecule has 0 saturated heterocycles. The van der Waals surface area contributed by atoms with E-state index in [9.17, 15) is 18.0 Å². The molecular formula is C23H19F3O3. The molecule has 150 valence electrons. The van der Waals surface area contributed by atoms with Crippen LogP contribution >= 0.6 is 0 Å². The first-order valence-corrected chi connectivity index (χ1v) is 8.88. The van der Waals surface area contributed by atoms with E-state index in [1.54, 1.807) is 38.3 Å². The summed E-state index contributed by atoms with van der Waals surface area (Å²) in [5, 5.41) is 0. The van der Waals surface area contributed by atoms with Crippen molar-refractivity contribution >= 4 is 5.97 Å². The van der Waals surface area contributed by atoms with E-state index < -0.39 is 18.6 Å². The van der Waals surface area contributed by atoms with Gasteiger partial charge in [0.15, 0.2) is 0 Å². The van der Waals surface area contributed by atoms with Crippen LogP contribution in [0.3, 0.4) is 0 Å². The van der Waals surface area contributed by atoms with Gasteiger partial charge in [-0.2, -0.15) is 13.2 Å². The van der Waals surface area contributed by atoms with Crippen LogP contribution in [0.2, 0.25) is 0 Å². The third-order valence-electron chi connectivity index (χ3n) is 4.46. The van der Waals surface area contributed by atoms with Crippen molar-refractivity contribution in [2.75, 3.05) is 7.11 Å². The van der Waals surface area contributed by atoms with Gasteiger partial charge in [-0.3, -0.25) is 0 Å². The summed E-state index contributed by atoms with van der Waals surface area (Å²) in [5.74, 6) is 0.386. The number of hydrogen-bond donors (Lipinski definition) is 0. The largest absolute Gasteiger partial charge is 0.497 e. The normalized spacial score (nSPS) is 11.2. The summed E-state index contributed by atoms with van der Waals surface area (Å²) in [5.41, 5.74) is 2.82. The van der Waals surface area contributed by atoms with Crippen LogP contribution in [-0.4, -0.2) is 19.3 Å². The quantitative estimate of drug-likeness (QED) is 0.390. The van der Waals surface area contributed by atoms with Gasteiger partial charge in [0, 0.05) is 0 Å². The number of alkyl halides is 3. The zero-order valence-electron chi connectivity index (χ0n) is 15.9. The fourth-order valence-corrected chi connectivity index (χ4v) is 2.89. The fourth-order valence-electron chi connectivity index (χ4n) is 2.89. The molecule has 3 rings (SSSR count). The molecule has 0 aromatic heterocycles. The van der Waals surface area contributed by atoms with Crippen LogP contribution in [0.5, 0.6) is 11.5 Å². The minimum atomic E-state index is -4.28. The number of ether oxygens (including phenoxy) is 2. The molecule has 0 aliphatic rings. The van der Waals surface area contributed by atoms with Gasteiger partial charge in [0.2, 0.25) is 0 Å². The van der Waals surface area contributed by atoms with Gasteiger partial charge in [0.25, 0.3) is 0 Å². The highest BCUT2D eigenvalue weighted by molar-refractivity contribution is 5.91. The van der Waals surface area contributed by atoms with Crippen LogP contribution in [0, 0.1) is 6.92 Å². The summed E-state index contributed by atoms with van der Waals surface area (Å²) in [4.78, 5) is 12.4. The lowest BCUT2D eigenvalue weighted by Crippen LogP contribution is -2.13. The average Bonchev–Trinajstić information content (AvgIpc) is 2.69. The molecule has 0 spiro atoms. The van der Waals surface area contributed by atoms with Crippen molar-refractivity contribution in [3.05, 3.63) is 83.4 Å². The number of carbonyl (C=O) groups is 1. The molecule has 0 saturated carbocycles. The Morgan fingerprint density at radius 2 is 1.41 bits per heavy atom. The molecule has 0 unspecified atom stereocenters. The second-order valence-electron chi connectivity index (χ2n) is 6.58. The second kappa shape index (κ2) is 8.39. The minimum absolute atomic E-state index is 0.154. The molecule has 0 radical (unpaired) electrons. The molecule has 3 nitrogen and oxygen atoms in total. The maximum atomic E-state index is 12.6. The Balaban J connectivity index is 1.70. The molecule has 3 aromatic rings. The number of aryl methyl sites for hydroxylation is 1. The van der Waals surface area contributed by atoms with E-state index in [2.05, 4.69) is 0 Å². The van der Waals surface area contributed by atoms with E-state index in [0.29, 0.717) is 11.1 Å². The summed E-state index contributed by atoms with van der Waals surface area (Å²) >= 11 is 0. The molecule has 0 aliphatic heterocycles. The van der Waals surface area contributed by atoms with Gasteiger partial charge in [0.05, 0.1) is 19.1 Å². The van der Waals surface area contributed by atoms with Gasteiger partial charge < -0.3 is 9.47 Å². The SMILES string of the molecule is COc1ccc(-c2ccc(C(=O)Oc3ccc(CC(F)(F)F)c(C)c3)cc2)cc1. The van der Waals surface area contributed by atoms with Crippen molar-refractivity contribution in [1.29, 1.82) is 0 Å². The van der Waals surface area contributed by atoms with E-state index in [4.69, 9.17) is 9.47 Å². The number of halogens is 3. The molecular weight excluding hydrogens is 381 g/mol. The molecule has 0 heterocycles. The topological polar surface area (TPSA) is 35.5 Å². The maximum absolute atomic E-state index is 12.6. The smallest absolute Gasteiger partial charge is 0.393 e. The Hall–Kier alpha value is -3.28. The molecule has 0 amide bonds. The van der Waals surface area contributed by atoms with Gasteiger partial charge in [-0.1, -0.05) is 30.3 Å². The number of rotatable bonds is 5. The van der Waals surface area contributed by atoms with Gasteiger partial charge in [-0.25, -0.2) is 4.79 Å². The fraction of sp³-hybridized carbons (Fsp3) is 0.174. The zero-order chi connectivity index (χ0) is 21.0. The third kappa shape index (κ3) is 5.38. The Morgan fingerprint density at radius 1 is 0.862 bits per heavy atom. The maximum Gasteiger partial charge on any atom is 0.393 e. The molecule has 0 aliphatic carbocycles. The van der Waals surface area contributed by atoms with E-state index in [-0.39, 0.29) is 11.3 Å². The summed E-state index contributed by atoms with van der Waals surface area (Å²) in [7, 11) is 1.60. The molecule has 0 atom stereocenters. The molecule has 6 heteroatoms. The molecule has 3 aromatic carbocycles. The first kappa shape index (κ1) is 20.5. The first-order valence-electron chi connectivity index (χ1n) is 8.88. The first-order chi connectivity index (χ1) is 13.7. The summed E-state index contributed by atoms with van der Waals surface area (Å²) in [6.45, 7) is 1.56. The van der Waals surface area contributed by atoms with Crippen LogP contribution in [0.4, 0.5) is 13.2 Å². The summed E-state index contributed by atoms with van der Waals surface area (Å²) < 4.78 is 48.1. The van der Waals surface area contributed by atoms with Crippen molar-refractivity contribution in [1.82, 2.24) is 0 Å². The van der Waals surface area contributed by atoms with Crippen molar-refractivity contribution in [3.63, 3.8) is 0 Å². The van der Waals surface area contributed by atoms with Crippen LogP contribution in [0.15, 0.2) is 66.7 Å². The van der Waals surface area contributed by atoms with Crippen LogP contribution in [0.1, 0.15) is 21.5 Å². The molecule has 0 fully saturated rings. The van der Waals surface area contributed by atoms with Crippen LogP contribution in [-0.2, 0) is 6.42 Å². The van der Waals surface area contributed by atoms with Crippen LogP contribution < -0.4 is 9.47 Å². The average molecular weight is 400 g/mol. The van der Waals surface area contributed by atoms with E-state index >= 15 is 0 Å². The predicted octanol–water partition coefficient (Wildman–Crippen LogP) is 5.99. The van der Waals surface area contributed by atoms with Crippen molar-refractivity contribution in [2.24, 2.45) is 0 Å². The Morgan fingerprint density at radius 3 is 1.93 bits per heavy atom. The van der Waals surface area contributed by atoms with Gasteiger partial charge in [0.1, 0.15) is 11.5 Å². The number of methoxy groups -OCH3 is 1. The van der Waals surface area contributed by atoms with E-state index in [0.717, 1.165) is 16.9 Å². The highest BCUT2D eigenvalue weighted by atomic mass is 19.4. The highest BCUT2D eigenvalue weighted by Crippen LogP contribution is 2.27. The monoisotopic (exact) mass is 400 g/mol. The third-order valence-corrected chi connectivity index (χ3v) is 4.46. The van der Waals surface area contributed by atoms with Gasteiger partial charge in [-0.15, -0.1) is 0 Å².